The molecule has 1 aromatic heterocycles. The molecule has 0 bridgehead atoms. The Kier molecular flexibility index (Phi) is 5.40. The summed E-state index contributed by atoms with van der Waals surface area (Å²) in [5, 5.41) is 3.95. The minimum Gasteiger partial charge on any atom is -0.467 e. The SMILES string of the molecule is CCCC[C@@H](NC(=O)C1Cc2c([nH]c3ccccc23)C(C)=N1)C(=O)OC. The minimum absolute atomic E-state index is 0.230. The van der Waals surface area contributed by atoms with E-state index >= 15 is 0 Å². The Hall–Kier alpha value is -2.63. The highest BCUT2D eigenvalue weighted by Gasteiger charge is 2.30. The van der Waals surface area contributed by atoms with E-state index in [4.69, 9.17) is 4.74 Å². The number of para-hydroxylation sites is 1. The van der Waals surface area contributed by atoms with Crippen molar-refractivity contribution < 1.29 is 14.3 Å². The summed E-state index contributed by atoms with van der Waals surface area (Å²) in [7, 11) is 1.34. The van der Waals surface area contributed by atoms with Crippen molar-refractivity contribution in [3.8, 4) is 0 Å². The molecule has 1 unspecified atom stereocenters. The molecule has 1 aliphatic heterocycles. The number of hydrogen-bond acceptors (Lipinski definition) is 4. The van der Waals surface area contributed by atoms with E-state index in [-0.39, 0.29) is 5.91 Å². The van der Waals surface area contributed by atoms with Crippen molar-refractivity contribution in [3.63, 3.8) is 0 Å². The van der Waals surface area contributed by atoms with Crippen LogP contribution in [0.15, 0.2) is 29.3 Å². The van der Waals surface area contributed by atoms with E-state index in [1.54, 1.807) is 0 Å². The Labute approximate surface area is 153 Å². The van der Waals surface area contributed by atoms with E-state index in [1.807, 2.05) is 32.0 Å². The average Bonchev–Trinajstić information content (AvgIpc) is 3.03. The molecule has 0 saturated carbocycles. The highest BCUT2D eigenvalue weighted by molar-refractivity contribution is 6.07. The molecule has 0 aliphatic carbocycles. The van der Waals surface area contributed by atoms with Crippen LogP contribution >= 0.6 is 0 Å². The molecule has 0 saturated heterocycles. The lowest BCUT2D eigenvalue weighted by atomic mass is 9.96. The minimum atomic E-state index is -0.618. The molecule has 3 rings (SSSR count). The summed E-state index contributed by atoms with van der Waals surface area (Å²) in [4.78, 5) is 32.7. The van der Waals surface area contributed by atoms with Gasteiger partial charge in [0.05, 0.1) is 18.5 Å². The van der Waals surface area contributed by atoms with Crippen LogP contribution in [0.1, 0.15) is 44.4 Å². The number of aromatic amines is 1. The molecule has 6 heteroatoms. The summed E-state index contributed by atoms with van der Waals surface area (Å²) in [5.74, 6) is -0.636. The van der Waals surface area contributed by atoms with E-state index in [1.165, 1.54) is 7.11 Å². The fourth-order valence-electron chi connectivity index (χ4n) is 3.48. The van der Waals surface area contributed by atoms with Crippen LogP contribution in [-0.4, -0.2) is 41.8 Å². The van der Waals surface area contributed by atoms with Gasteiger partial charge >= 0.3 is 5.97 Å². The van der Waals surface area contributed by atoms with Crippen molar-refractivity contribution >= 4 is 28.5 Å². The van der Waals surface area contributed by atoms with E-state index < -0.39 is 18.1 Å². The molecule has 1 amide bonds. The van der Waals surface area contributed by atoms with Crippen LogP contribution in [0.2, 0.25) is 0 Å². The Morgan fingerprint density at radius 3 is 2.88 bits per heavy atom. The molecule has 138 valence electrons. The van der Waals surface area contributed by atoms with E-state index in [0.29, 0.717) is 12.8 Å². The first-order chi connectivity index (χ1) is 12.5. The maximum Gasteiger partial charge on any atom is 0.328 e. The van der Waals surface area contributed by atoms with E-state index in [0.717, 1.165) is 40.7 Å². The van der Waals surface area contributed by atoms with Crippen molar-refractivity contribution in [2.75, 3.05) is 7.11 Å². The lowest BCUT2D eigenvalue weighted by Gasteiger charge is -2.22. The number of carbonyl (C=O) groups is 2. The van der Waals surface area contributed by atoms with Crippen molar-refractivity contribution in [1.29, 1.82) is 0 Å². The second-order valence-electron chi connectivity index (χ2n) is 6.69. The van der Waals surface area contributed by atoms with Crippen molar-refractivity contribution in [2.45, 2.75) is 51.6 Å². The number of fused-ring (bicyclic) bond motifs is 3. The summed E-state index contributed by atoms with van der Waals surface area (Å²) in [6.45, 7) is 3.95. The Morgan fingerprint density at radius 2 is 2.15 bits per heavy atom. The molecule has 0 radical (unpaired) electrons. The molecule has 1 aliphatic rings. The number of unbranched alkanes of at least 4 members (excludes halogenated alkanes) is 1. The second kappa shape index (κ2) is 7.72. The molecule has 0 spiro atoms. The van der Waals surface area contributed by atoms with Crippen LogP contribution in [-0.2, 0) is 20.7 Å². The second-order valence-corrected chi connectivity index (χ2v) is 6.69. The number of rotatable bonds is 6. The number of H-pyrrole nitrogens is 1. The number of aliphatic imine (C=N–C) groups is 1. The van der Waals surface area contributed by atoms with E-state index in [2.05, 4.69) is 21.4 Å². The molecule has 2 heterocycles. The fourth-order valence-corrected chi connectivity index (χ4v) is 3.48. The third-order valence-corrected chi connectivity index (χ3v) is 4.87. The number of hydrogen-bond donors (Lipinski definition) is 2. The van der Waals surface area contributed by atoms with Gasteiger partial charge in [-0.1, -0.05) is 38.0 Å². The smallest absolute Gasteiger partial charge is 0.328 e. The normalized spacial score (nSPS) is 17.3. The maximum absolute atomic E-state index is 12.8. The van der Waals surface area contributed by atoms with Gasteiger partial charge in [0, 0.05) is 17.3 Å². The number of benzene rings is 1. The van der Waals surface area contributed by atoms with Crippen molar-refractivity contribution in [1.82, 2.24) is 10.3 Å². The van der Waals surface area contributed by atoms with Gasteiger partial charge in [-0.2, -0.15) is 0 Å². The molecule has 6 nitrogen and oxygen atoms in total. The van der Waals surface area contributed by atoms with Crippen LogP contribution in [0.5, 0.6) is 0 Å². The van der Waals surface area contributed by atoms with Crippen LogP contribution in [0.4, 0.5) is 0 Å². The Bertz CT molecular complexity index is 853. The maximum atomic E-state index is 12.8. The van der Waals surface area contributed by atoms with Gasteiger partial charge < -0.3 is 15.0 Å². The number of nitrogens with zero attached hydrogens (tertiary/aromatic N) is 1. The molecule has 2 N–H and O–H groups in total. The van der Waals surface area contributed by atoms with Crippen LogP contribution in [0, 0.1) is 0 Å². The number of amides is 1. The van der Waals surface area contributed by atoms with Gasteiger partial charge in [0.1, 0.15) is 12.1 Å². The van der Waals surface area contributed by atoms with Gasteiger partial charge in [0.15, 0.2) is 0 Å². The van der Waals surface area contributed by atoms with Gasteiger partial charge in [-0.05, 0) is 25.0 Å². The van der Waals surface area contributed by atoms with Crippen molar-refractivity contribution in [3.05, 3.63) is 35.5 Å². The van der Waals surface area contributed by atoms with Crippen molar-refractivity contribution in [2.24, 2.45) is 4.99 Å². The number of methoxy groups -OCH3 is 1. The first kappa shape index (κ1) is 18.2. The van der Waals surface area contributed by atoms with Crippen LogP contribution in [0.3, 0.4) is 0 Å². The first-order valence-electron chi connectivity index (χ1n) is 9.07. The van der Waals surface area contributed by atoms with Crippen LogP contribution in [0.25, 0.3) is 10.9 Å². The van der Waals surface area contributed by atoms with E-state index in [9.17, 15) is 9.59 Å². The number of nitrogens with one attached hydrogen (secondary N) is 2. The summed E-state index contributed by atoms with van der Waals surface area (Å²) < 4.78 is 4.83. The molecule has 0 fully saturated rings. The van der Waals surface area contributed by atoms with Gasteiger partial charge in [-0.3, -0.25) is 9.79 Å². The molecular weight excluding hydrogens is 330 g/mol. The number of carbonyl (C=O) groups excluding carboxylic acids is 2. The predicted octanol–water partition coefficient (Wildman–Crippen LogP) is 2.75. The zero-order valence-corrected chi connectivity index (χ0v) is 15.5. The summed E-state index contributed by atoms with van der Waals surface area (Å²) in [6, 6.07) is 6.90. The third kappa shape index (κ3) is 3.49. The van der Waals surface area contributed by atoms with Gasteiger partial charge in [-0.25, -0.2) is 4.79 Å². The molecule has 1 aromatic carbocycles. The number of esters is 1. The topological polar surface area (TPSA) is 83.5 Å². The Morgan fingerprint density at radius 1 is 1.38 bits per heavy atom. The quantitative estimate of drug-likeness (QED) is 0.782. The average molecular weight is 355 g/mol. The largest absolute Gasteiger partial charge is 0.467 e. The zero-order valence-electron chi connectivity index (χ0n) is 15.5. The standard InChI is InChI=1S/C20H25N3O3/c1-4-5-9-16(20(25)26-3)23-19(24)17-11-14-13-8-6-7-10-15(13)22-18(14)12(2)21-17/h6-8,10,16-17,22H,4-5,9,11H2,1-3H3,(H,23,24)/t16-,17?/m1/s1. The van der Waals surface area contributed by atoms with Crippen LogP contribution < -0.4 is 5.32 Å². The van der Waals surface area contributed by atoms with Gasteiger partial charge in [-0.15, -0.1) is 0 Å². The first-order valence-corrected chi connectivity index (χ1v) is 9.07. The molecular formula is C20H25N3O3. The highest BCUT2D eigenvalue weighted by atomic mass is 16.5. The Balaban J connectivity index is 1.80. The molecule has 2 aromatic rings. The van der Waals surface area contributed by atoms with Gasteiger partial charge in [0.2, 0.25) is 5.91 Å². The summed E-state index contributed by atoms with van der Waals surface area (Å²) in [5.41, 5.74) is 3.96. The predicted molar refractivity (Wildman–Crippen MR) is 101 cm³/mol. The number of aromatic nitrogens is 1. The lowest BCUT2D eigenvalue weighted by Crippen LogP contribution is -2.46. The third-order valence-electron chi connectivity index (χ3n) is 4.87. The molecule has 2 atom stereocenters. The number of ether oxygens (including phenoxy) is 1. The highest BCUT2D eigenvalue weighted by Crippen LogP contribution is 2.28. The summed E-state index contributed by atoms with van der Waals surface area (Å²) in [6.07, 6.45) is 2.88. The fraction of sp³-hybridized carbons (Fsp3) is 0.450. The summed E-state index contributed by atoms with van der Waals surface area (Å²) >= 11 is 0. The monoisotopic (exact) mass is 355 g/mol. The molecule has 26 heavy (non-hydrogen) atoms. The lowest BCUT2D eigenvalue weighted by molar-refractivity contribution is -0.145. The zero-order chi connectivity index (χ0) is 18.7. The van der Waals surface area contributed by atoms with Gasteiger partial charge in [0.25, 0.3) is 0 Å².